The van der Waals surface area contributed by atoms with Crippen LogP contribution in [0, 0.1) is 5.92 Å². The lowest BCUT2D eigenvalue weighted by Crippen LogP contribution is -2.18. The van der Waals surface area contributed by atoms with E-state index in [1.165, 1.54) is 0 Å². The fourth-order valence-electron chi connectivity index (χ4n) is 1.46. The summed E-state index contributed by atoms with van der Waals surface area (Å²) in [4.78, 5) is 2.13. The van der Waals surface area contributed by atoms with Crippen molar-refractivity contribution in [3.05, 3.63) is 12.2 Å². The zero-order chi connectivity index (χ0) is 7.72. The minimum absolute atomic E-state index is 0.192. The molecule has 0 bridgehead atoms. The summed E-state index contributed by atoms with van der Waals surface area (Å²) in [7, 11) is 2.02. The van der Waals surface area contributed by atoms with Gasteiger partial charge in [-0.05, 0) is 14.0 Å². The van der Waals surface area contributed by atoms with Gasteiger partial charge in [-0.1, -0.05) is 12.2 Å². The summed E-state index contributed by atoms with van der Waals surface area (Å²) in [5.41, 5.74) is 1.09. The molecule has 2 unspecified atom stereocenters. The van der Waals surface area contributed by atoms with E-state index in [2.05, 4.69) is 11.5 Å². The first-order valence-corrected chi connectivity index (χ1v) is 3.63. The van der Waals surface area contributed by atoms with Gasteiger partial charge in [-0.3, -0.25) is 0 Å². The van der Waals surface area contributed by atoms with E-state index in [1.807, 2.05) is 14.0 Å². The summed E-state index contributed by atoms with van der Waals surface area (Å²) in [5, 5.41) is 9.43. The molecule has 0 aliphatic carbocycles. The van der Waals surface area contributed by atoms with Crippen LogP contribution in [-0.2, 0) is 0 Å². The lowest BCUT2D eigenvalue weighted by atomic mass is 9.99. The molecule has 0 amide bonds. The number of aliphatic hydroxyl groups is 1. The van der Waals surface area contributed by atoms with E-state index < -0.39 is 0 Å². The molecule has 2 atom stereocenters. The molecular formula is C8H15NO. The van der Waals surface area contributed by atoms with Crippen LogP contribution in [0.3, 0.4) is 0 Å². The summed E-state index contributed by atoms with van der Waals surface area (Å²) in [6, 6.07) is 0. The molecule has 1 N–H and O–H groups in total. The zero-order valence-corrected chi connectivity index (χ0v) is 6.67. The van der Waals surface area contributed by atoms with Crippen LogP contribution < -0.4 is 0 Å². The van der Waals surface area contributed by atoms with Gasteiger partial charge in [0.25, 0.3) is 0 Å². The molecule has 1 saturated heterocycles. The lowest BCUT2D eigenvalue weighted by molar-refractivity contribution is 0.156. The highest BCUT2D eigenvalue weighted by molar-refractivity contribution is 5.04. The highest BCUT2D eigenvalue weighted by Gasteiger charge is 2.28. The van der Waals surface area contributed by atoms with Gasteiger partial charge in [0.05, 0.1) is 6.10 Å². The molecule has 2 heteroatoms. The van der Waals surface area contributed by atoms with Crippen molar-refractivity contribution in [1.29, 1.82) is 0 Å². The Morgan fingerprint density at radius 3 is 2.40 bits per heavy atom. The Labute approximate surface area is 62.2 Å². The van der Waals surface area contributed by atoms with Crippen LogP contribution in [0.4, 0.5) is 0 Å². The zero-order valence-electron chi connectivity index (χ0n) is 6.67. The third-order valence-electron chi connectivity index (χ3n) is 2.10. The fourth-order valence-corrected chi connectivity index (χ4v) is 1.46. The molecule has 1 aliphatic heterocycles. The van der Waals surface area contributed by atoms with Crippen molar-refractivity contribution in [2.45, 2.75) is 13.0 Å². The van der Waals surface area contributed by atoms with Crippen molar-refractivity contribution in [1.82, 2.24) is 4.90 Å². The van der Waals surface area contributed by atoms with Gasteiger partial charge in [0.2, 0.25) is 0 Å². The Kier molecular flexibility index (Phi) is 2.11. The molecule has 0 spiro atoms. The SMILES string of the molecule is C=C(C)C1CN(C)CC1O. The summed E-state index contributed by atoms with van der Waals surface area (Å²) >= 11 is 0. The number of nitrogens with zero attached hydrogens (tertiary/aromatic N) is 1. The largest absolute Gasteiger partial charge is 0.391 e. The number of β-amino-alcohol motifs (C(OH)–C–C–N with tert-alkyl or cyclic N) is 1. The van der Waals surface area contributed by atoms with Crippen molar-refractivity contribution in [2.24, 2.45) is 5.92 Å². The van der Waals surface area contributed by atoms with E-state index in [9.17, 15) is 5.11 Å². The van der Waals surface area contributed by atoms with Gasteiger partial charge in [-0.15, -0.1) is 0 Å². The molecule has 1 rings (SSSR count). The average Bonchev–Trinajstić information content (AvgIpc) is 2.10. The van der Waals surface area contributed by atoms with Gasteiger partial charge in [-0.2, -0.15) is 0 Å². The monoisotopic (exact) mass is 141 g/mol. The van der Waals surface area contributed by atoms with Crippen molar-refractivity contribution in [3.8, 4) is 0 Å². The van der Waals surface area contributed by atoms with Crippen molar-refractivity contribution in [3.63, 3.8) is 0 Å². The van der Waals surface area contributed by atoms with Gasteiger partial charge in [0.1, 0.15) is 0 Å². The fraction of sp³-hybridized carbons (Fsp3) is 0.750. The van der Waals surface area contributed by atoms with E-state index >= 15 is 0 Å². The quantitative estimate of drug-likeness (QED) is 0.537. The van der Waals surface area contributed by atoms with Crippen molar-refractivity contribution >= 4 is 0 Å². The molecule has 0 aromatic carbocycles. The smallest absolute Gasteiger partial charge is 0.0744 e. The summed E-state index contributed by atoms with van der Waals surface area (Å²) < 4.78 is 0. The number of likely N-dealkylation sites (tertiary alicyclic amines) is 1. The van der Waals surface area contributed by atoms with Crippen LogP contribution in [0.25, 0.3) is 0 Å². The van der Waals surface area contributed by atoms with Gasteiger partial charge >= 0.3 is 0 Å². The third kappa shape index (κ3) is 1.39. The standard InChI is InChI=1S/C8H15NO/c1-6(2)7-4-9(3)5-8(7)10/h7-8,10H,1,4-5H2,2-3H3. The second kappa shape index (κ2) is 2.72. The van der Waals surface area contributed by atoms with Gasteiger partial charge < -0.3 is 10.0 Å². The normalized spacial score (nSPS) is 34.7. The number of hydrogen-bond acceptors (Lipinski definition) is 2. The second-order valence-electron chi connectivity index (χ2n) is 3.24. The van der Waals surface area contributed by atoms with Crippen molar-refractivity contribution < 1.29 is 5.11 Å². The van der Waals surface area contributed by atoms with Gasteiger partial charge in [-0.25, -0.2) is 0 Å². The van der Waals surface area contributed by atoms with Crippen LogP contribution in [0.2, 0.25) is 0 Å². The molecule has 1 aliphatic rings. The molecule has 58 valence electrons. The second-order valence-corrected chi connectivity index (χ2v) is 3.24. The van der Waals surface area contributed by atoms with E-state index in [4.69, 9.17) is 0 Å². The van der Waals surface area contributed by atoms with Gasteiger partial charge in [0, 0.05) is 19.0 Å². The van der Waals surface area contributed by atoms with Gasteiger partial charge in [0.15, 0.2) is 0 Å². The molecule has 2 nitrogen and oxygen atoms in total. The van der Waals surface area contributed by atoms with Crippen LogP contribution in [0.5, 0.6) is 0 Å². The average molecular weight is 141 g/mol. The third-order valence-corrected chi connectivity index (χ3v) is 2.10. The van der Waals surface area contributed by atoms with Crippen LogP contribution >= 0.6 is 0 Å². The Balaban J connectivity index is 2.54. The molecule has 1 fully saturated rings. The van der Waals surface area contributed by atoms with E-state index in [1.54, 1.807) is 0 Å². The summed E-state index contributed by atoms with van der Waals surface area (Å²) in [6.07, 6.45) is -0.192. The van der Waals surface area contributed by atoms with Crippen LogP contribution in [-0.4, -0.2) is 36.2 Å². The van der Waals surface area contributed by atoms with E-state index in [0.717, 1.165) is 18.7 Å². The lowest BCUT2D eigenvalue weighted by Gasteiger charge is -2.11. The highest BCUT2D eigenvalue weighted by Crippen LogP contribution is 2.21. The number of aliphatic hydroxyl groups excluding tert-OH is 1. The molecular weight excluding hydrogens is 126 g/mol. The maximum Gasteiger partial charge on any atom is 0.0744 e. The molecule has 0 aromatic rings. The number of likely N-dealkylation sites (N-methyl/N-ethyl adjacent to an activating group) is 1. The molecule has 1 heterocycles. The summed E-state index contributed by atoms with van der Waals surface area (Å²) in [5.74, 6) is 0.296. The first-order valence-electron chi connectivity index (χ1n) is 3.63. The Bertz CT molecular complexity index is 144. The minimum Gasteiger partial charge on any atom is -0.391 e. The first kappa shape index (κ1) is 7.76. The number of hydrogen-bond donors (Lipinski definition) is 1. The predicted octanol–water partition coefficient (Wildman–Crippen LogP) is 0.485. The Morgan fingerprint density at radius 1 is 1.60 bits per heavy atom. The first-order chi connectivity index (χ1) is 4.61. The number of rotatable bonds is 1. The Morgan fingerprint density at radius 2 is 2.20 bits per heavy atom. The maximum absolute atomic E-state index is 9.43. The Hall–Kier alpha value is -0.340. The molecule has 10 heavy (non-hydrogen) atoms. The highest BCUT2D eigenvalue weighted by atomic mass is 16.3. The molecule has 0 saturated carbocycles. The minimum atomic E-state index is -0.192. The summed E-state index contributed by atoms with van der Waals surface area (Å²) in [6.45, 7) is 7.56. The van der Waals surface area contributed by atoms with E-state index in [-0.39, 0.29) is 6.10 Å². The topological polar surface area (TPSA) is 23.5 Å². The van der Waals surface area contributed by atoms with Crippen LogP contribution in [0.15, 0.2) is 12.2 Å². The predicted molar refractivity (Wildman–Crippen MR) is 41.8 cm³/mol. The molecule has 0 aromatic heterocycles. The van der Waals surface area contributed by atoms with E-state index in [0.29, 0.717) is 5.92 Å². The maximum atomic E-state index is 9.43. The van der Waals surface area contributed by atoms with Crippen LogP contribution in [0.1, 0.15) is 6.92 Å². The molecule has 0 radical (unpaired) electrons. The van der Waals surface area contributed by atoms with Crippen molar-refractivity contribution in [2.75, 3.05) is 20.1 Å².